The van der Waals surface area contributed by atoms with Crippen molar-refractivity contribution in [3.63, 3.8) is 0 Å². The molecule has 1 unspecified atom stereocenters. The molecule has 1 aromatic heterocycles. The molecular formula is C19H16FNO4. The van der Waals surface area contributed by atoms with Crippen LogP contribution in [0.15, 0.2) is 52.7 Å². The van der Waals surface area contributed by atoms with Crippen molar-refractivity contribution >= 4 is 23.6 Å². The Balaban J connectivity index is 1.82. The second-order valence-corrected chi connectivity index (χ2v) is 6.13. The highest BCUT2D eigenvalue weighted by molar-refractivity contribution is 6.33. The summed E-state index contributed by atoms with van der Waals surface area (Å²) < 4.78 is 24.4. The molecule has 2 aliphatic heterocycles. The summed E-state index contributed by atoms with van der Waals surface area (Å²) in [5, 5.41) is 0. The fourth-order valence-corrected chi connectivity index (χ4v) is 3.38. The summed E-state index contributed by atoms with van der Waals surface area (Å²) in [7, 11) is 0. The Kier molecular flexibility index (Phi) is 3.77. The largest absolute Gasteiger partial charge is 0.465 e. The van der Waals surface area contributed by atoms with E-state index in [0.717, 1.165) is 17.7 Å². The van der Waals surface area contributed by atoms with Crippen molar-refractivity contribution in [2.24, 2.45) is 0 Å². The number of ether oxygens (including phenoxy) is 1. The molecule has 1 aromatic carbocycles. The minimum Gasteiger partial charge on any atom is -0.465 e. The predicted molar refractivity (Wildman–Crippen MR) is 88.1 cm³/mol. The molecule has 1 atom stereocenters. The van der Waals surface area contributed by atoms with E-state index in [4.69, 9.17) is 9.15 Å². The van der Waals surface area contributed by atoms with Crippen LogP contribution in [0.2, 0.25) is 0 Å². The lowest BCUT2D eigenvalue weighted by molar-refractivity contribution is -0.140. The van der Waals surface area contributed by atoms with Crippen LogP contribution in [0, 0.1) is 5.82 Å². The number of rotatable bonds is 2. The van der Waals surface area contributed by atoms with Gasteiger partial charge in [0.25, 0.3) is 11.8 Å². The minimum atomic E-state index is -1.30. The highest BCUT2D eigenvalue weighted by Crippen LogP contribution is 2.42. The molecule has 2 saturated heterocycles. The zero-order valence-electron chi connectivity index (χ0n) is 13.4. The fraction of sp³-hybridized carbons (Fsp3) is 0.263. The highest BCUT2D eigenvalue weighted by atomic mass is 19.1. The van der Waals surface area contributed by atoms with Gasteiger partial charge in [0.05, 0.1) is 17.5 Å². The van der Waals surface area contributed by atoms with Crippen molar-refractivity contribution in [1.29, 1.82) is 0 Å². The number of carbonyl (C=O) groups is 2. The van der Waals surface area contributed by atoms with Gasteiger partial charge in [-0.05, 0) is 61.7 Å². The number of benzene rings is 1. The molecule has 2 fully saturated rings. The minimum absolute atomic E-state index is 0.261. The van der Waals surface area contributed by atoms with Gasteiger partial charge in [0, 0.05) is 6.61 Å². The maximum absolute atomic E-state index is 13.2. The van der Waals surface area contributed by atoms with Gasteiger partial charge in [0.15, 0.2) is 5.60 Å². The summed E-state index contributed by atoms with van der Waals surface area (Å²) >= 11 is 0. The van der Waals surface area contributed by atoms with Crippen LogP contribution in [-0.4, -0.2) is 24.0 Å². The molecule has 0 aliphatic carbocycles. The predicted octanol–water partition coefficient (Wildman–Crippen LogP) is 3.31. The van der Waals surface area contributed by atoms with E-state index in [-0.39, 0.29) is 5.57 Å². The van der Waals surface area contributed by atoms with E-state index in [9.17, 15) is 14.0 Å². The Labute approximate surface area is 143 Å². The molecule has 128 valence electrons. The zero-order valence-corrected chi connectivity index (χ0v) is 13.4. The first-order chi connectivity index (χ1) is 12.1. The molecule has 0 bridgehead atoms. The van der Waals surface area contributed by atoms with Gasteiger partial charge in [0.2, 0.25) is 0 Å². The van der Waals surface area contributed by atoms with Crippen molar-refractivity contribution in [2.45, 2.75) is 24.9 Å². The van der Waals surface area contributed by atoms with Crippen LogP contribution in [0.25, 0.3) is 6.08 Å². The number of amides is 2. The van der Waals surface area contributed by atoms with Gasteiger partial charge in [-0.3, -0.25) is 9.59 Å². The van der Waals surface area contributed by atoms with Crippen molar-refractivity contribution in [3.8, 4) is 0 Å². The van der Waals surface area contributed by atoms with Gasteiger partial charge in [-0.15, -0.1) is 0 Å². The molecule has 0 radical (unpaired) electrons. The van der Waals surface area contributed by atoms with Crippen molar-refractivity contribution in [3.05, 3.63) is 59.8 Å². The maximum atomic E-state index is 13.2. The number of hydrogen-bond donors (Lipinski definition) is 0. The Hall–Kier alpha value is -2.73. The summed E-state index contributed by atoms with van der Waals surface area (Å²) in [6, 6.07) is 8.69. The fourth-order valence-electron chi connectivity index (χ4n) is 3.38. The first kappa shape index (κ1) is 15.8. The summed E-state index contributed by atoms with van der Waals surface area (Å²) in [5.74, 6) is -0.847. The summed E-state index contributed by atoms with van der Waals surface area (Å²) in [5.41, 5.74) is -0.708. The highest BCUT2D eigenvalue weighted by Gasteiger charge is 2.58. The van der Waals surface area contributed by atoms with Crippen LogP contribution in [0.3, 0.4) is 0 Å². The lowest BCUT2D eigenvalue weighted by Crippen LogP contribution is -2.45. The molecule has 0 saturated carbocycles. The SMILES string of the molecule is O=C1C(=Cc2ccco2)C2(CCCCO2)C(=O)N1c1ccc(F)cc1. The molecule has 3 heterocycles. The topological polar surface area (TPSA) is 59.8 Å². The number of hydrogen-bond acceptors (Lipinski definition) is 4. The smallest absolute Gasteiger partial charge is 0.271 e. The maximum Gasteiger partial charge on any atom is 0.271 e. The van der Waals surface area contributed by atoms with Crippen LogP contribution >= 0.6 is 0 Å². The Morgan fingerprint density at radius 1 is 1.12 bits per heavy atom. The van der Waals surface area contributed by atoms with Crippen LogP contribution in [0.4, 0.5) is 10.1 Å². The van der Waals surface area contributed by atoms with E-state index in [0.29, 0.717) is 24.5 Å². The molecular weight excluding hydrogens is 325 g/mol. The lowest BCUT2D eigenvalue weighted by Gasteiger charge is -2.31. The van der Waals surface area contributed by atoms with E-state index >= 15 is 0 Å². The number of anilines is 1. The normalized spacial score (nSPS) is 25.3. The van der Waals surface area contributed by atoms with Gasteiger partial charge in [-0.1, -0.05) is 0 Å². The second kappa shape index (κ2) is 5.97. The Morgan fingerprint density at radius 2 is 1.92 bits per heavy atom. The third kappa shape index (κ3) is 2.49. The van der Waals surface area contributed by atoms with Crippen LogP contribution in [0.1, 0.15) is 25.0 Å². The third-order valence-electron chi connectivity index (χ3n) is 4.60. The van der Waals surface area contributed by atoms with E-state index in [2.05, 4.69) is 0 Å². The quantitative estimate of drug-likeness (QED) is 0.621. The van der Waals surface area contributed by atoms with E-state index in [1.165, 1.54) is 30.5 Å². The lowest BCUT2D eigenvalue weighted by atomic mass is 9.87. The molecule has 4 rings (SSSR count). The van der Waals surface area contributed by atoms with E-state index < -0.39 is 23.2 Å². The third-order valence-corrected chi connectivity index (χ3v) is 4.60. The zero-order chi connectivity index (χ0) is 17.4. The van der Waals surface area contributed by atoms with Crippen molar-refractivity contribution in [2.75, 3.05) is 11.5 Å². The van der Waals surface area contributed by atoms with E-state index in [1.807, 2.05) is 0 Å². The number of nitrogens with zero attached hydrogens (tertiary/aromatic N) is 1. The first-order valence-electron chi connectivity index (χ1n) is 8.16. The van der Waals surface area contributed by atoms with Gasteiger partial charge in [-0.2, -0.15) is 0 Å². The van der Waals surface area contributed by atoms with Gasteiger partial charge in [-0.25, -0.2) is 9.29 Å². The Bertz CT molecular complexity index is 833. The van der Waals surface area contributed by atoms with Gasteiger partial charge < -0.3 is 9.15 Å². The number of imide groups is 1. The number of furan rings is 1. The van der Waals surface area contributed by atoms with Crippen molar-refractivity contribution < 1.29 is 23.1 Å². The summed E-state index contributed by atoms with van der Waals surface area (Å²) in [4.78, 5) is 27.2. The second-order valence-electron chi connectivity index (χ2n) is 6.13. The standard InChI is InChI=1S/C19H16FNO4/c20-13-5-7-14(8-6-13)21-17(22)16(12-15-4-3-10-24-15)19(18(21)23)9-1-2-11-25-19/h3-8,10,12H,1-2,9,11H2. The summed E-state index contributed by atoms with van der Waals surface area (Å²) in [6.45, 7) is 0.409. The van der Waals surface area contributed by atoms with Gasteiger partial charge >= 0.3 is 0 Å². The molecule has 5 nitrogen and oxygen atoms in total. The Morgan fingerprint density at radius 3 is 2.56 bits per heavy atom. The van der Waals surface area contributed by atoms with E-state index in [1.54, 1.807) is 18.2 Å². The molecule has 2 amide bonds. The number of halogens is 1. The molecule has 2 aromatic rings. The number of carbonyl (C=O) groups excluding carboxylic acids is 2. The summed E-state index contributed by atoms with van der Waals surface area (Å²) in [6.07, 6.45) is 5.12. The van der Waals surface area contributed by atoms with Crippen molar-refractivity contribution in [1.82, 2.24) is 0 Å². The average Bonchev–Trinajstić information content (AvgIpc) is 3.20. The van der Waals surface area contributed by atoms with Crippen LogP contribution < -0.4 is 4.90 Å². The first-order valence-corrected chi connectivity index (χ1v) is 8.16. The average molecular weight is 341 g/mol. The van der Waals surface area contributed by atoms with Crippen LogP contribution in [0.5, 0.6) is 0 Å². The molecule has 2 aliphatic rings. The molecule has 6 heteroatoms. The molecule has 0 N–H and O–H groups in total. The van der Waals surface area contributed by atoms with Crippen LogP contribution in [-0.2, 0) is 14.3 Å². The monoisotopic (exact) mass is 341 g/mol. The molecule has 1 spiro atoms. The van der Waals surface area contributed by atoms with Gasteiger partial charge in [0.1, 0.15) is 11.6 Å². The molecule has 25 heavy (non-hydrogen) atoms.